The number of hydrogen-bond donors (Lipinski definition) is 0. The molecule has 0 atom stereocenters. The summed E-state index contributed by atoms with van der Waals surface area (Å²) in [5, 5.41) is 0. The van der Waals surface area contributed by atoms with Crippen molar-refractivity contribution in [3.63, 3.8) is 0 Å². The summed E-state index contributed by atoms with van der Waals surface area (Å²) in [6.45, 7) is 4.71. The summed E-state index contributed by atoms with van der Waals surface area (Å²) < 4.78 is 0. The van der Waals surface area contributed by atoms with Crippen molar-refractivity contribution in [3.8, 4) is 78.7 Å². The Labute approximate surface area is 354 Å². The van der Waals surface area contributed by atoms with Crippen molar-refractivity contribution in [3.05, 3.63) is 205 Å². The Morgan fingerprint density at radius 1 is 0.383 bits per heavy atom. The maximum Gasteiger partial charge on any atom is 0.164 e. The monoisotopic (exact) mass is 786 g/mol. The van der Waals surface area contributed by atoms with Crippen LogP contribution in [0.1, 0.15) is 36.1 Å². The van der Waals surface area contributed by atoms with Crippen molar-refractivity contribution in [1.29, 1.82) is 0 Å². The highest BCUT2D eigenvalue weighted by Crippen LogP contribution is 2.53. The number of rotatable bonds is 4. The summed E-state index contributed by atoms with van der Waals surface area (Å²) in [6.07, 6.45) is 8.20. The van der Waals surface area contributed by atoms with Gasteiger partial charge in [0, 0.05) is 44.3 Å². The molecule has 11 rings (SSSR count). The minimum absolute atomic E-state index is 0.143. The van der Waals surface area contributed by atoms with E-state index < -0.39 is 0 Å². The van der Waals surface area contributed by atoms with Gasteiger partial charge < -0.3 is 0 Å². The number of aromatic nitrogens is 4. The van der Waals surface area contributed by atoms with Gasteiger partial charge in [0.15, 0.2) is 17.5 Å². The number of nitrogens with zero attached hydrogens (tertiary/aromatic N) is 4. The molecule has 7 aromatic carbocycles. The molecule has 1 aliphatic heterocycles. The molecular formula is C55H38N4S. The van der Waals surface area contributed by atoms with E-state index in [1.54, 1.807) is 6.20 Å². The molecule has 9 aromatic rings. The summed E-state index contributed by atoms with van der Waals surface area (Å²) in [7, 11) is 0. The average molecular weight is 787 g/mol. The summed E-state index contributed by atoms with van der Waals surface area (Å²) in [5.74, 6) is 1.87. The molecule has 2 aromatic heterocycles. The molecule has 0 spiro atoms. The quantitative estimate of drug-likeness (QED) is 0.178. The fourth-order valence-electron chi connectivity index (χ4n) is 8.76. The first-order chi connectivity index (χ1) is 29.5. The van der Waals surface area contributed by atoms with Crippen LogP contribution in [0, 0.1) is 0 Å². The lowest BCUT2D eigenvalue weighted by Gasteiger charge is -2.23. The topological polar surface area (TPSA) is 51.6 Å². The van der Waals surface area contributed by atoms with Crippen LogP contribution in [0.2, 0.25) is 0 Å². The van der Waals surface area contributed by atoms with E-state index in [0.717, 1.165) is 38.9 Å². The van der Waals surface area contributed by atoms with E-state index in [2.05, 4.69) is 177 Å². The summed E-state index contributed by atoms with van der Waals surface area (Å²) in [6, 6.07) is 60.5. The highest BCUT2D eigenvalue weighted by molar-refractivity contribution is 7.99. The molecule has 0 unspecified atom stereocenters. The standard InChI is InChI=1S/C55H38N4S/c1-55(2)48-20-10-8-18-43(48)46-32-47-45-31-40(29-26-37(45)25-24-36-13-6-7-17-42(36)44-19-9-11-21-50(44)60-51(47)33-49(46)55)54-58-52(38-14-4-3-5-15-38)57-53(59-54)39-27-22-35(23-28-39)41-16-12-30-56-34-41/h3-34H,1-2H3/b25-24-. The smallest absolute Gasteiger partial charge is 0.164 e. The zero-order valence-corrected chi connectivity index (χ0v) is 34.0. The third-order valence-corrected chi connectivity index (χ3v) is 13.0. The highest BCUT2D eigenvalue weighted by atomic mass is 32.2. The molecular weight excluding hydrogens is 749 g/mol. The normalized spacial score (nSPS) is 13.7. The van der Waals surface area contributed by atoms with Gasteiger partial charge in [0.25, 0.3) is 0 Å². The van der Waals surface area contributed by atoms with Crippen LogP contribution < -0.4 is 0 Å². The highest BCUT2D eigenvalue weighted by Gasteiger charge is 2.36. The first-order valence-corrected chi connectivity index (χ1v) is 21.1. The molecule has 0 fully saturated rings. The number of benzene rings is 7. The van der Waals surface area contributed by atoms with E-state index in [9.17, 15) is 0 Å². The van der Waals surface area contributed by atoms with E-state index in [1.165, 1.54) is 54.3 Å². The van der Waals surface area contributed by atoms with Gasteiger partial charge in [0.05, 0.1) is 0 Å². The van der Waals surface area contributed by atoms with E-state index in [4.69, 9.17) is 15.0 Å². The molecule has 3 heterocycles. The molecule has 0 bridgehead atoms. The third-order valence-electron chi connectivity index (χ3n) is 11.9. The Bertz CT molecular complexity index is 3130. The van der Waals surface area contributed by atoms with Crippen molar-refractivity contribution in [2.45, 2.75) is 29.1 Å². The summed E-state index contributed by atoms with van der Waals surface area (Å²) >= 11 is 1.85. The second kappa shape index (κ2) is 14.6. The third kappa shape index (κ3) is 6.26. The predicted molar refractivity (Wildman–Crippen MR) is 247 cm³/mol. The van der Waals surface area contributed by atoms with Crippen LogP contribution in [-0.4, -0.2) is 19.9 Å². The Morgan fingerprint density at radius 3 is 1.75 bits per heavy atom. The molecule has 0 amide bonds. The Balaban J connectivity index is 1.13. The minimum Gasteiger partial charge on any atom is -0.264 e. The van der Waals surface area contributed by atoms with Gasteiger partial charge in [0.1, 0.15) is 0 Å². The number of pyridine rings is 1. The Morgan fingerprint density at radius 2 is 0.983 bits per heavy atom. The molecule has 284 valence electrons. The SMILES string of the molecule is CC1(C)c2ccccc2-c2cc3c(cc21)Sc1ccccc1-c1ccccc1/C=C\c1ccc(-c2nc(-c4ccccc4)nc(-c4ccc(-c5cccnc5)cc4)n2)cc1-3. The van der Waals surface area contributed by atoms with Gasteiger partial charge in [-0.15, -0.1) is 0 Å². The van der Waals surface area contributed by atoms with Gasteiger partial charge in [-0.2, -0.15) is 0 Å². The lowest BCUT2D eigenvalue weighted by Crippen LogP contribution is -2.15. The average Bonchev–Trinajstić information content (AvgIpc) is 3.52. The maximum atomic E-state index is 5.21. The summed E-state index contributed by atoms with van der Waals surface area (Å²) in [4.78, 5) is 22.2. The summed E-state index contributed by atoms with van der Waals surface area (Å²) in [5.41, 5.74) is 17.1. The Kier molecular flexibility index (Phi) is 8.72. The van der Waals surface area contributed by atoms with Crippen LogP contribution in [0.5, 0.6) is 0 Å². The van der Waals surface area contributed by atoms with Crippen LogP contribution in [-0.2, 0) is 5.41 Å². The van der Waals surface area contributed by atoms with E-state index >= 15 is 0 Å². The second-order valence-electron chi connectivity index (χ2n) is 15.9. The van der Waals surface area contributed by atoms with Crippen molar-refractivity contribution >= 4 is 23.9 Å². The van der Waals surface area contributed by atoms with Crippen molar-refractivity contribution in [1.82, 2.24) is 19.9 Å². The first-order valence-electron chi connectivity index (χ1n) is 20.3. The zero-order valence-electron chi connectivity index (χ0n) is 33.2. The molecule has 60 heavy (non-hydrogen) atoms. The molecule has 5 heteroatoms. The van der Waals surface area contributed by atoms with E-state index in [0.29, 0.717) is 17.5 Å². The number of fused-ring (bicyclic) bond motifs is 9. The first kappa shape index (κ1) is 35.9. The molecule has 0 saturated carbocycles. The van der Waals surface area contributed by atoms with Crippen LogP contribution >= 0.6 is 11.8 Å². The molecule has 0 N–H and O–H groups in total. The van der Waals surface area contributed by atoms with Crippen molar-refractivity contribution in [2.75, 3.05) is 0 Å². The molecule has 1 aliphatic carbocycles. The van der Waals surface area contributed by atoms with Crippen LogP contribution in [0.3, 0.4) is 0 Å². The van der Waals surface area contributed by atoms with Gasteiger partial charge in [-0.25, -0.2) is 15.0 Å². The fraction of sp³-hybridized carbons (Fsp3) is 0.0545. The lowest BCUT2D eigenvalue weighted by atomic mass is 9.82. The van der Waals surface area contributed by atoms with Gasteiger partial charge in [-0.3, -0.25) is 4.98 Å². The largest absolute Gasteiger partial charge is 0.264 e. The van der Waals surface area contributed by atoms with Gasteiger partial charge >= 0.3 is 0 Å². The molecule has 2 aliphatic rings. The van der Waals surface area contributed by atoms with E-state index in [-0.39, 0.29) is 5.41 Å². The van der Waals surface area contributed by atoms with Crippen LogP contribution in [0.15, 0.2) is 192 Å². The van der Waals surface area contributed by atoms with Crippen molar-refractivity contribution in [2.24, 2.45) is 0 Å². The molecule has 0 radical (unpaired) electrons. The maximum absolute atomic E-state index is 5.21. The van der Waals surface area contributed by atoms with Gasteiger partial charge in [-0.1, -0.05) is 177 Å². The van der Waals surface area contributed by atoms with Gasteiger partial charge in [-0.05, 0) is 97.1 Å². The van der Waals surface area contributed by atoms with Crippen LogP contribution in [0.25, 0.3) is 90.8 Å². The number of hydrogen-bond acceptors (Lipinski definition) is 5. The van der Waals surface area contributed by atoms with Crippen molar-refractivity contribution < 1.29 is 0 Å². The second-order valence-corrected chi connectivity index (χ2v) is 17.0. The minimum atomic E-state index is -0.143. The fourth-order valence-corrected chi connectivity index (χ4v) is 9.88. The molecule has 0 saturated heterocycles. The lowest BCUT2D eigenvalue weighted by molar-refractivity contribution is 0.659. The molecule has 4 nitrogen and oxygen atoms in total. The zero-order chi connectivity index (χ0) is 40.2. The van der Waals surface area contributed by atoms with Gasteiger partial charge in [0.2, 0.25) is 0 Å². The van der Waals surface area contributed by atoms with Crippen LogP contribution in [0.4, 0.5) is 0 Å². The van der Waals surface area contributed by atoms with E-state index in [1.807, 2.05) is 42.2 Å². The Hall–Kier alpha value is -7.21. The predicted octanol–water partition coefficient (Wildman–Crippen LogP) is 14.2.